The van der Waals surface area contributed by atoms with Crippen LogP contribution in [0.5, 0.6) is 0 Å². The normalized spacial score (nSPS) is 16.3. The minimum absolute atomic E-state index is 0.640. The van der Waals surface area contributed by atoms with Crippen molar-refractivity contribution >= 4 is 5.69 Å². The van der Waals surface area contributed by atoms with Crippen molar-refractivity contribution in [1.82, 2.24) is 15.3 Å². The van der Waals surface area contributed by atoms with Crippen LogP contribution in [0.4, 0.5) is 5.69 Å². The lowest BCUT2D eigenvalue weighted by Crippen LogP contribution is -2.43. The molecule has 0 atom stereocenters. The van der Waals surface area contributed by atoms with Gasteiger partial charge in [-0.2, -0.15) is 0 Å². The molecular weight excluding hydrogens is 260 g/mol. The standard InChI is InChI=1S/C17H24N4/c1-14-2-4-16(5-3-14)21-12-7-15(8-13-21)18-9-6-17-19-10-11-20-17/h2-5,10-11,15,18H,6-9,12-13H2,1H3,(H,19,20). The first-order chi connectivity index (χ1) is 10.3. The van der Waals surface area contributed by atoms with Crippen molar-refractivity contribution in [2.75, 3.05) is 24.5 Å². The van der Waals surface area contributed by atoms with Crippen molar-refractivity contribution in [3.8, 4) is 0 Å². The molecule has 4 heteroatoms. The molecule has 1 fully saturated rings. The van der Waals surface area contributed by atoms with Gasteiger partial charge in [0.2, 0.25) is 0 Å². The number of aromatic amines is 1. The Morgan fingerprint density at radius 1 is 1.24 bits per heavy atom. The van der Waals surface area contributed by atoms with Gasteiger partial charge in [-0.25, -0.2) is 4.98 Å². The van der Waals surface area contributed by atoms with Gasteiger partial charge in [-0.15, -0.1) is 0 Å². The highest BCUT2D eigenvalue weighted by atomic mass is 15.1. The number of hydrogen-bond acceptors (Lipinski definition) is 3. The number of nitrogens with one attached hydrogen (secondary N) is 2. The molecule has 1 aromatic heterocycles. The summed E-state index contributed by atoms with van der Waals surface area (Å²) in [5.41, 5.74) is 2.68. The zero-order valence-corrected chi connectivity index (χ0v) is 12.7. The number of piperidine rings is 1. The van der Waals surface area contributed by atoms with Crippen molar-refractivity contribution in [1.29, 1.82) is 0 Å². The molecule has 1 saturated heterocycles. The number of benzene rings is 1. The van der Waals surface area contributed by atoms with Crippen molar-refractivity contribution in [2.45, 2.75) is 32.2 Å². The SMILES string of the molecule is Cc1ccc(N2CCC(NCCc3ncc[nH]3)CC2)cc1. The Hall–Kier alpha value is -1.81. The summed E-state index contributed by atoms with van der Waals surface area (Å²) < 4.78 is 0. The van der Waals surface area contributed by atoms with Gasteiger partial charge in [0.15, 0.2) is 0 Å². The maximum absolute atomic E-state index is 4.25. The molecule has 1 aromatic carbocycles. The number of nitrogens with zero attached hydrogens (tertiary/aromatic N) is 2. The third kappa shape index (κ3) is 3.85. The average molecular weight is 284 g/mol. The van der Waals surface area contributed by atoms with E-state index in [1.807, 2.05) is 12.4 Å². The molecule has 0 unspecified atom stereocenters. The lowest BCUT2D eigenvalue weighted by atomic mass is 10.0. The van der Waals surface area contributed by atoms with Crippen LogP contribution in [0, 0.1) is 6.92 Å². The molecule has 0 bridgehead atoms. The molecule has 2 heterocycles. The van der Waals surface area contributed by atoms with Crippen LogP contribution in [0.3, 0.4) is 0 Å². The van der Waals surface area contributed by atoms with E-state index in [0.717, 1.165) is 31.9 Å². The third-order valence-electron chi connectivity index (χ3n) is 4.24. The number of imidazole rings is 1. The Kier molecular flexibility index (Phi) is 4.55. The number of aryl methyl sites for hydroxylation is 1. The zero-order valence-electron chi connectivity index (χ0n) is 12.7. The number of rotatable bonds is 5. The fourth-order valence-corrected chi connectivity index (χ4v) is 2.93. The quantitative estimate of drug-likeness (QED) is 0.886. The van der Waals surface area contributed by atoms with Crippen LogP contribution in [0.1, 0.15) is 24.2 Å². The topological polar surface area (TPSA) is 44.0 Å². The van der Waals surface area contributed by atoms with Gasteiger partial charge in [-0.3, -0.25) is 0 Å². The summed E-state index contributed by atoms with van der Waals surface area (Å²) in [6.45, 7) is 5.42. The van der Waals surface area contributed by atoms with E-state index in [1.54, 1.807) is 0 Å². The molecule has 1 aliphatic heterocycles. The number of anilines is 1. The maximum Gasteiger partial charge on any atom is 0.107 e. The van der Waals surface area contributed by atoms with E-state index >= 15 is 0 Å². The minimum atomic E-state index is 0.640. The molecule has 2 aromatic rings. The van der Waals surface area contributed by atoms with Crippen LogP contribution in [-0.2, 0) is 6.42 Å². The van der Waals surface area contributed by atoms with Gasteiger partial charge in [-0.05, 0) is 31.9 Å². The van der Waals surface area contributed by atoms with Crippen LogP contribution >= 0.6 is 0 Å². The predicted molar refractivity (Wildman–Crippen MR) is 86.7 cm³/mol. The maximum atomic E-state index is 4.25. The Morgan fingerprint density at radius 3 is 2.67 bits per heavy atom. The van der Waals surface area contributed by atoms with Gasteiger partial charge in [-0.1, -0.05) is 17.7 Å². The van der Waals surface area contributed by atoms with E-state index in [0.29, 0.717) is 6.04 Å². The fourth-order valence-electron chi connectivity index (χ4n) is 2.93. The third-order valence-corrected chi connectivity index (χ3v) is 4.24. The molecule has 0 spiro atoms. The minimum Gasteiger partial charge on any atom is -0.371 e. The van der Waals surface area contributed by atoms with Crippen LogP contribution in [0.15, 0.2) is 36.7 Å². The highest BCUT2D eigenvalue weighted by Gasteiger charge is 2.18. The van der Waals surface area contributed by atoms with Crippen LogP contribution in [-0.4, -0.2) is 35.6 Å². The first kappa shape index (κ1) is 14.1. The predicted octanol–water partition coefficient (Wildman–Crippen LogP) is 2.52. The van der Waals surface area contributed by atoms with Gasteiger partial charge in [0.25, 0.3) is 0 Å². The molecule has 1 aliphatic rings. The summed E-state index contributed by atoms with van der Waals surface area (Å²) in [7, 11) is 0. The summed E-state index contributed by atoms with van der Waals surface area (Å²) in [6, 6.07) is 9.51. The fraction of sp³-hybridized carbons (Fsp3) is 0.471. The molecule has 0 saturated carbocycles. The highest BCUT2D eigenvalue weighted by Crippen LogP contribution is 2.20. The van der Waals surface area contributed by atoms with E-state index in [9.17, 15) is 0 Å². The molecular formula is C17H24N4. The summed E-state index contributed by atoms with van der Waals surface area (Å²) >= 11 is 0. The van der Waals surface area contributed by atoms with Gasteiger partial charge < -0.3 is 15.2 Å². The first-order valence-electron chi connectivity index (χ1n) is 7.84. The van der Waals surface area contributed by atoms with Crippen molar-refractivity contribution in [2.24, 2.45) is 0 Å². The van der Waals surface area contributed by atoms with E-state index in [2.05, 4.69) is 51.4 Å². The molecule has 0 amide bonds. The summed E-state index contributed by atoms with van der Waals surface area (Å²) in [4.78, 5) is 9.89. The molecule has 21 heavy (non-hydrogen) atoms. The summed E-state index contributed by atoms with van der Waals surface area (Å²) in [5, 5.41) is 3.65. The van der Waals surface area contributed by atoms with E-state index in [4.69, 9.17) is 0 Å². The lowest BCUT2D eigenvalue weighted by Gasteiger charge is -2.34. The average Bonchev–Trinajstić information content (AvgIpc) is 3.02. The number of H-pyrrole nitrogens is 1. The van der Waals surface area contributed by atoms with E-state index in [1.165, 1.54) is 24.1 Å². The van der Waals surface area contributed by atoms with Crippen LogP contribution < -0.4 is 10.2 Å². The molecule has 112 valence electrons. The van der Waals surface area contributed by atoms with Gasteiger partial charge >= 0.3 is 0 Å². The molecule has 0 radical (unpaired) electrons. The van der Waals surface area contributed by atoms with Gasteiger partial charge in [0.05, 0.1) is 0 Å². The number of aromatic nitrogens is 2. The van der Waals surface area contributed by atoms with E-state index in [-0.39, 0.29) is 0 Å². The molecule has 3 rings (SSSR count). The second kappa shape index (κ2) is 6.76. The van der Waals surface area contributed by atoms with E-state index < -0.39 is 0 Å². The lowest BCUT2D eigenvalue weighted by molar-refractivity contribution is 0.416. The van der Waals surface area contributed by atoms with Gasteiger partial charge in [0.1, 0.15) is 5.82 Å². The van der Waals surface area contributed by atoms with Crippen molar-refractivity contribution in [3.05, 3.63) is 48.0 Å². The molecule has 2 N–H and O–H groups in total. The highest BCUT2D eigenvalue weighted by molar-refractivity contribution is 5.47. The molecule has 0 aliphatic carbocycles. The number of hydrogen-bond donors (Lipinski definition) is 2. The smallest absolute Gasteiger partial charge is 0.107 e. The molecule has 4 nitrogen and oxygen atoms in total. The van der Waals surface area contributed by atoms with Crippen molar-refractivity contribution < 1.29 is 0 Å². The van der Waals surface area contributed by atoms with Crippen molar-refractivity contribution in [3.63, 3.8) is 0 Å². The summed E-state index contributed by atoms with van der Waals surface area (Å²) in [6.07, 6.45) is 7.11. The monoisotopic (exact) mass is 284 g/mol. The Balaban J connectivity index is 1.41. The second-order valence-electron chi connectivity index (χ2n) is 5.84. The van der Waals surface area contributed by atoms with Gasteiger partial charge in [0, 0.05) is 50.2 Å². The summed E-state index contributed by atoms with van der Waals surface area (Å²) in [5.74, 6) is 1.07. The second-order valence-corrected chi connectivity index (χ2v) is 5.84. The zero-order chi connectivity index (χ0) is 14.5. The Bertz CT molecular complexity index is 524. The Labute approximate surface area is 126 Å². The van der Waals surface area contributed by atoms with Crippen LogP contribution in [0.25, 0.3) is 0 Å². The largest absolute Gasteiger partial charge is 0.371 e. The van der Waals surface area contributed by atoms with Crippen LogP contribution in [0.2, 0.25) is 0 Å². The first-order valence-corrected chi connectivity index (χ1v) is 7.84. The Morgan fingerprint density at radius 2 is 2.00 bits per heavy atom.